The van der Waals surface area contributed by atoms with Crippen molar-refractivity contribution in [2.75, 3.05) is 0 Å². The summed E-state index contributed by atoms with van der Waals surface area (Å²) in [6.45, 7) is 1.89. The normalized spacial score (nSPS) is 10.4. The smallest absolute Gasteiger partial charge is 0.219 e. The third-order valence-electron chi connectivity index (χ3n) is 2.05. The van der Waals surface area contributed by atoms with Crippen LogP contribution in [0.5, 0.6) is 11.6 Å². The lowest BCUT2D eigenvalue weighted by atomic mass is 10.3. The Morgan fingerprint density at radius 3 is 2.35 bits per heavy atom. The van der Waals surface area contributed by atoms with Gasteiger partial charge in [-0.25, -0.2) is 4.98 Å². The second kappa shape index (κ2) is 5.25. The van der Waals surface area contributed by atoms with Crippen molar-refractivity contribution >= 4 is 39.1 Å². The minimum Gasteiger partial charge on any atom is -0.439 e. The first kappa shape index (κ1) is 12.7. The number of aromatic nitrogens is 1. The lowest BCUT2D eigenvalue weighted by Crippen LogP contribution is -1.90. The van der Waals surface area contributed by atoms with Crippen LogP contribution in [0, 0.1) is 6.92 Å². The van der Waals surface area contributed by atoms with Gasteiger partial charge in [0.05, 0.1) is 5.69 Å². The van der Waals surface area contributed by atoms with Crippen molar-refractivity contribution in [3.8, 4) is 11.6 Å². The molecule has 0 aliphatic heterocycles. The van der Waals surface area contributed by atoms with Gasteiger partial charge in [-0.05, 0) is 47.1 Å². The molecule has 0 bridgehead atoms. The molecule has 1 aromatic heterocycles. The SMILES string of the molecule is Cc1nc(Oc2cc(Cl)cc(Cl)c2)ccc1Br. The number of nitrogens with zero attached hydrogens (tertiary/aromatic N) is 1. The number of hydrogen-bond acceptors (Lipinski definition) is 2. The van der Waals surface area contributed by atoms with Gasteiger partial charge >= 0.3 is 0 Å². The molecule has 0 saturated heterocycles. The molecule has 2 rings (SSSR count). The van der Waals surface area contributed by atoms with Gasteiger partial charge in [0.15, 0.2) is 0 Å². The Balaban J connectivity index is 2.28. The predicted octanol–water partition coefficient (Wildman–Crippen LogP) is 5.25. The third-order valence-corrected chi connectivity index (χ3v) is 3.33. The Bertz CT molecular complexity index is 540. The van der Waals surface area contributed by atoms with E-state index in [1.165, 1.54) is 0 Å². The van der Waals surface area contributed by atoms with Gasteiger partial charge in [0.25, 0.3) is 0 Å². The number of aryl methyl sites for hydroxylation is 1. The van der Waals surface area contributed by atoms with E-state index >= 15 is 0 Å². The van der Waals surface area contributed by atoms with E-state index in [4.69, 9.17) is 27.9 Å². The summed E-state index contributed by atoms with van der Waals surface area (Å²) in [6.07, 6.45) is 0. The van der Waals surface area contributed by atoms with Crippen molar-refractivity contribution in [3.05, 3.63) is 50.5 Å². The van der Waals surface area contributed by atoms with Gasteiger partial charge in [-0.2, -0.15) is 0 Å². The Hall–Kier alpha value is -0.770. The Labute approximate surface area is 118 Å². The van der Waals surface area contributed by atoms with Crippen molar-refractivity contribution in [3.63, 3.8) is 0 Å². The van der Waals surface area contributed by atoms with Gasteiger partial charge < -0.3 is 4.74 Å². The Morgan fingerprint density at radius 1 is 1.12 bits per heavy atom. The molecule has 1 aromatic carbocycles. The van der Waals surface area contributed by atoms with Crippen molar-refractivity contribution < 1.29 is 4.74 Å². The summed E-state index contributed by atoms with van der Waals surface area (Å²) in [4.78, 5) is 4.27. The van der Waals surface area contributed by atoms with E-state index in [0.29, 0.717) is 21.7 Å². The van der Waals surface area contributed by atoms with Crippen LogP contribution in [0.2, 0.25) is 10.0 Å². The highest BCUT2D eigenvalue weighted by molar-refractivity contribution is 9.10. The summed E-state index contributed by atoms with van der Waals surface area (Å²) >= 11 is 15.1. The maximum Gasteiger partial charge on any atom is 0.219 e. The highest BCUT2D eigenvalue weighted by atomic mass is 79.9. The quantitative estimate of drug-likeness (QED) is 0.749. The molecular weight excluding hydrogens is 325 g/mol. The zero-order valence-electron chi connectivity index (χ0n) is 8.88. The molecular formula is C12H8BrCl2NO. The predicted molar refractivity (Wildman–Crippen MR) is 73.2 cm³/mol. The summed E-state index contributed by atoms with van der Waals surface area (Å²) in [6, 6.07) is 8.67. The van der Waals surface area contributed by atoms with Crippen LogP contribution >= 0.6 is 39.1 Å². The van der Waals surface area contributed by atoms with Gasteiger partial charge in [-0.1, -0.05) is 23.2 Å². The van der Waals surface area contributed by atoms with Crippen LogP contribution in [0.3, 0.4) is 0 Å². The molecule has 0 aliphatic carbocycles. The molecule has 0 N–H and O–H groups in total. The van der Waals surface area contributed by atoms with E-state index in [-0.39, 0.29) is 0 Å². The average molecular weight is 333 g/mol. The highest BCUT2D eigenvalue weighted by Gasteiger charge is 2.04. The van der Waals surface area contributed by atoms with Crippen molar-refractivity contribution in [1.29, 1.82) is 0 Å². The second-order valence-corrected chi connectivity index (χ2v) is 5.15. The zero-order valence-corrected chi connectivity index (χ0v) is 12.0. The third kappa shape index (κ3) is 3.35. The Morgan fingerprint density at radius 2 is 1.76 bits per heavy atom. The fourth-order valence-corrected chi connectivity index (χ4v) is 2.01. The summed E-state index contributed by atoms with van der Waals surface area (Å²) in [5.41, 5.74) is 0.857. The molecule has 0 radical (unpaired) electrons. The number of benzene rings is 1. The first-order chi connectivity index (χ1) is 8.04. The topological polar surface area (TPSA) is 22.1 Å². The summed E-state index contributed by atoms with van der Waals surface area (Å²) < 4.78 is 6.51. The summed E-state index contributed by atoms with van der Waals surface area (Å²) in [7, 11) is 0. The van der Waals surface area contributed by atoms with E-state index < -0.39 is 0 Å². The van der Waals surface area contributed by atoms with Crippen LogP contribution in [0.4, 0.5) is 0 Å². The molecule has 88 valence electrons. The van der Waals surface area contributed by atoms with E-state index in [0.717, 1.165) is 10.2 Å². The van der Waals surface area contributed by atoms with E-state index in [1.54, 1.807) is 24.3 Å². The minimum atomic E-state index is 0.504. The van der Waals surface area contributed by atoms with Gasteiger partial charge in [-0.15, -0.1) is 0 Å². The first-order valence-corrected chi connectivity index (χ1v) is 6.36. The molecule has 1 heterocycles. The highest BCUT2D eigenvalue weighted by Crippen LogP contribution is 2.28. The monoisotopic (exact) mass is 331 g/mol. The van der Waals surface area contributed by atoms with Crippen molar-refractivity contribution in [1.82, 2.24) is 4.98 Å². The molecule has 2 aromatic rings. The van der Waals surface area contributed by atoms with Gasteiger partial charge in [-0.3, -0.25) is 0 Å². The zero-order chi connectivity index (χ0) is 12.4. The molecule has 0 aliphatic rings. The molecule has 17 heavy (non-hydrogen) atoms. The van der Waals surface area contributed by atoms with Crippen LogP contribution in [-0.4, -0.2) is 4.98 Å². The largest absolute Gasteiger partial charge is 0.439 e. The second-order valence-electron chi connectivity index (χ2n) is 3.42. The standard InChI is InChI=1S/C12H8BrCl2NO/c1-7-11(13)2-3-12(16-7)17-10-5-8(14)4-9(15)6-10/h2-6H,1H3. The van der Waals surface area contributed by atoms with E-state index in [9.17, 15) is 0 Å². The molecule has 0 saturated carbocycles. The molecule has 2 nitrogen and oxygen atoms in total. The fourth-order valence-electron chi connectivity index (χ4n) is 1.29. The minimum absolute atomic E-state index is 0.504. The van der Waals surface area contributed by atoms with Crippen LogP contribution in [0.25, 0.3) is 0 Å². The number of pyridine rings is 1. The fraction of sp³-hybridized carbons (Fsp3) is 0.0833. The van der Waals surface area contributed by atoms with Gasteiger partial charge in [0, 0.05) is 20.6 Å². The maximum absolute atomic E-state index is 5.88. The molecule has 0 amide bonds. The molecule has 5 heteroatoms. The molecule has 0 unspecified atom stereocenters. The number of hydrogen-bond donors (Lipinski definition) is 0. The lowest BCUT2D eigenvalue weighted by molar-refractivity contribution is 0.461. The molecule has 0 spiro atoms. The van der Waals surface area contributed by atoms with Gasteiger partial charge in [0.1, 0.15) is 5.75 Å². The lowest BCUT2D eigenvalue weighted by Gasteiger charge is -2.07. The van der Waals surface area contributed by atoms with E-state index in [1.807, 2.05) is 13.0 Å². The van der Waals surface area contributed by atoms with Crippen molar-refractivity contribution in [2.24, 2.45) is 0 Å². The molecule has 0 fully saturated rings. The van der Waals surface area contributed by atoms with Crippen LogP contribution in [0.15, 0.2) is 34.8 Å². The number of halogens is 3. The molecule has 0 atom stereocenters. The van der Waals surface area contributed by atoms with Crippen LogP contribution < -0.4 is 4.74 Å². The van der Waals surface area contributed by atoms with E-state index in [2.05, 4.69) is 20.9 Å². The van der Waals surface area contributed by atoms with Crippen molar-refractivity contribution in [2.45, 2.75) is 6.92 Å². The number of rotatable bonds is 2. The maximum atomic E-state index is 5.88. The summed E-state index contributed by atoms with van der Waals surface area (Å²) in [5.74, 6) is 1.07. The summed E-state index contributed by atoms with van der Waals surface area (Å²) in [5, 5.41) is 1.06. The number of ether oxygens (including phenoxy) is 1. The average Bonchev–Trinajstić information content (AvgIpc) is 2.22. The van der Waals surface area contributed by atoms with Gasteiger partial charge in [0.2, 0.25) is 5.88 Å². The Kier molecular flexibility index (Phi) is 3.92. The van der Waals surface area contributed by atoms with Crippen LogP contribution in [-0.2, 0) is 0 Å². The first-order valence-electron chi connectivity index (χ1n) is 4.82. The van der Waals surface area contributed by atoms with Crippen LogP contribution in [0.1, 0.15) is 5.69 Å².